The van der Waals surface area contributed by atoms with Crippen LogP contribution in [0, 0.1) is 0 Å². The Morgan fingerprint density at radius 2 is 2.25 bits per heavy atom. The number of thiophene rings is 1. The first-order valence-corrected chi connectivity index (χ1v) is 10.5. The number of rotatable bonds is 6. The minimum atomic E-state index is -2.94. The van der Waals surface area contributed by atoms with Gasteiger partial charge in [0.2, 0.25) is 0 Å². The molecular formula is C14H22BrNO2S2. The summed E-state index contributed by atoms with van der Waals surface area (Å²) in [4.78, 5) is 1.24. The zero-order valence-corrected chi connectivity index (χ0v) is 15.0. The minimum Gasteiger partial charge on any atom is -0.312 e. The molecule has 2 atom stereocenters. The van der Waals surface area contributed by atoms with E-state index in [-0.39, 0.29) is 11.3 Å². The standard InChI is InChI=1S/C14H22BrNO2S2/c1-2-8-16-12(10-11-6-7-14(15)19-11)13-5-3-4-9-20(13,17)18/h6-7,12-13,16H,2-5,8-10H2,1H3. The van der Waals surface area contributed by atoms with Gasteiger partial charge in [-0.25, -0.2) is 8.42 Å². The summed E-state index contributed by atoms with van der Waals surface area (Å²) < 4.78 is 25.8. The van der Waals surface area contributed by atoms with Gasteiger partial charge in [-0.3, -0.25) is 0 Å². The largest absolute Gasteiger partial charge is 0.312 e. The van der Waals surface area contributed by atoms with Crippen molar-refractivity contribution < 1.29 is 8.42 Å². The zero-order chi connectivity index (χ0) is 14.6. The normalized spacial score (nSPS) is 23.6. The first-order chi connectivity index (χ1) is 9.53. The summed E-state index contributed by atoms with van der Waals surface area (Å²) in [5.74, 6) is 0.357. The van der Waals surface area contributed by atoms with Crippen LogP contribution in [0.4, 0.5) is 0 Å². The lowest BCUT2D eigenvalue weighted by Gasteiger charge is -2.30. The molecular weight excluding hydrogens is 358 g/mol. The molecule has 0 aliphatic carbocycles. The van der Waals surface area contributed by atoms with E-state index in [9.17, 15) is 8.42 Å². The highest BCUT2D eigenvalue weighted by Crippen LogP contribution is 2.28. The Labute approximate surface area is 134 Å². The van der Waals surface area contributed by atoms with Crippen LogP contribution in [-0.4, -0.2) is 32.0 Å². The van der Waals surface area contributed by atoms with Crippen molar-refractivity contribution in [2.24, 2.45) is 0 Å². The zero-order valence-electron chi connectivity index (χ0n) is 11.8. The fraction of sp³-hybridized carbons (Fsp3) is 0.714. The van der Waals surface area contributed by atoms with Gasteiger partial charge in [-0.15, -0.1) is 11.3 Å². The molecule has 1 N–H and O–H groups in total. The van der Waals surface area contributed by atoms with E-state index in [1.807, 2.05) is 6.07 Å². The van der Waals surface area contributed by atoms with E-state index >= 15 is 0 Å². The SMILES string of the molecule is CCCNC(Cc1ccc(Br)s1)C1CCCCS1(=O)=O. The smallest absolute Gasteiger partial charge is 0.154 e. The van der Waals surface area contributed by atoms with E-state index in [0.717, 1.165) is 42.4 Å². The van der Waals surface area contributed by atoms with Crippen molar-refractivity contribution in [2.45, 2.75) is 50.3 Å². The Kier molecular flexibility index (Phi) is 6.08. The van der Waals surface area contributed by atoms with E-state index in [0.29, 0.717) is 5.75 Å². The molecule has 3 nitrogen and oxygen atoms in total. The third-order valence-electron chi connectivity index (χ3n) is 3.78. The summed E-state index contributed by atoms with van der Waals surface area (Å²) in [6.07, 6.45) is 4.49. The summed E-state index contributed by atoms with van der Waals surface area (Å²) in [5, 5.41) is 3.25. The summed E-state index contributed by atoms with van der Waals surface area (Å²) >= 11 is 5.17. The van der Waals surface area contributed by atoms with Gasteiger partial charge in [-0.2, -0.15) is 0 Å². The molecule has 1 saturated heterocycles. The van der Waals surface area contributed by atoms with Gasteiger partial charge >= 0.3 is 0 Å². The number of hydrogen-bond acceptors (Lipinski definition) is 4. The van der Waals surface area contributed by atoms with E-state index in [4.69, 9.17) is 0 Å². The first kappa shape index (κ1) is 16.5. The van der Waals surface area contributed by atoms with E-state index in [1.165, 1.54) is 4.88 Å². The molecule has 1 fully saturated rings. The van der Waals surface area contributed by atoms with Crippen molar-refractivity contribution in [3.63, 3.8) is 0 Å². The predicted octanol–water partition coefficient (Wildman–Crippen LogP) is 3.39. The third-order valence-corrected chi connectivity index (χ3v) is 7.77. The van der Waals surface area contributed by atoms with Gasteiger partial charge in [0.25, 0.3) is 0 Å². The van der Waals surface area contributed by atoms with Gasteiger partial charge in [0, 0.05) is 10.9 Å². The molecule has 1 aliphatic rings. The average Bonchev–Trinajstić information content (AvgIpc) is 2.80. The summed E-state index contributed by atoms with van der Waals surface area (Å²) in [7, 11) is -2.94. The third kappa shape index (κ3) is 4.29. The molecule has 2 heterocycles. The summed E-state index contributed by atoms with van der Waals surface area (Å²) in [6, 6.07) is 4.17. The Morgan fingerprint density at radius 3 is 2.85 bits per heavy atom. The molecule has 1 aromatic rings. The maximum Gasteiger partial charge on any atom is 0.154 e. The number of halogens is 1. The van der Waals surface area contributed by atoms with Crippen LogP contribution in [0.3, 0.4) is 0 Å². The van der Waals surface area contributed by atoms with Crippen LogP contribution < -0.4 is 5.32 Å². The van der Waals surface area contributed by atoms with Gasteiger partial charge in [0.1, 0.15) is 0 Å². The Bertz CT molecular complexity index is 527. The van der Waals surface area contributed by atoms with Crippen LogP contribution in [-0.2, 0) is 16.3 Å². The quantitative estimate of drug-likeness (QED) is 0.823. The molecule has 2 rings (SSSR count). The van der Waals surface area contributed by atoms with Gasteiger partial charge in [0.05, 0.1) is 14.8 Å². The van der Waals surface area contributed by atoms with Crippen molar-refractivity contribution in [1.82, 2.24) is 5.32 Å². The second-order valence-corrected chi connectivity index (χ2v) is 10.3. The predicted molar refractivity (Wildman–Crippen MR) is 89.2 cm³/mol. The lowest BCUT2D eigenvalue weighted by atomic mass is 10.0. The molecule has 6 heteroatoms. The number of nitrogens with one attached hydrogen (secondary N) is 1. The Hall–Kier alpha value is 0.0900. The van der Waals surface area contributed by atoms with Crippen LogP contribution in [0.2, 0.25) is 0 Å². The first-order valence-electron chi connectivity index (χ1n) is 7.22. The molecule has 1 aliphatic heterocycles. The van der Waals surface area contributed by atoms with Crippen LogP contribution >= 0.6 is 27.3 Å². The molecule has 0 aromatic carbocycles. The maximum absolute atomic E-state index is 12.3. The van der Waals surface area contributed by atoms with E-state index in [1.54, 1.807) is 11.3 Å². The average molecular weight is 380 g/mol. The Morgan fingerprint density at radius 1 is 1.45 bits per heavy atom. The van der Waals surface area contributed by atoms with Crippen molar-refractivity contribution >= 4 is 37.1 Å². The molecule has 0 saturated carbocycles. The number of hydrogen-bond donors (Lipinski definition) is 1. The molecule has 0 radical (unpaired) electrons. The van der Waals surface area contributed by atoms with Crippen molar-refractivity contribution in [3.8, 4) is 0 Å². The second kappa shape index (κ2) is 7.38. The molecule has 0 amide bonds. The fourth-order valence-electron chi connectivity index (χ4n) is 2.77. The highest BCUT2D eigenvalue weighted by molar-refractivity contribution is 9.11. The maximum atomic E-state index is 12.3. The lowest BCUT2D eigenvalue weighted by molar-refractivity contribution is 0.435. The van der Waals surface area contributed by atoms with Crippen LogP contribution in [0.15, 0.2) is 15.9 Å². The van der Waals surface area contributed by atoms with E-state index in [2.05, 4.69) is 34.2 Å². The molecule has 2 unspecified atom stereocenters. The van der Waals surface area contributed by atoms with Gasteiger partial charge in [-0.05, 0) is 60.3 Å². The topological polar surface area (TPSA) is 46.2 Å². The molecule has 20 heavy (non-hydrogen) atoms. The van der Waals surface area contributed by atoms with Gasteiger partial charge in [0.15, 0.2) is 9.84 Å². The fourth-order valence-corrected chi connectivity index (χ4v) is 6.44. The van der Waals surface area contributed by atoms with Crippen molar-refractivity contribution in [2.75, 3.05) is 12.3 Å². The molecule has 114 valence electrons. The van der Waals surface area contributed by atoms with E-state index < -0.39 is 9.84 Å². The van der Waals surface area contributed by atoms with Crippen LogP contribution in [0.25, 0.3) is 0 Å². The second-order valence-electron chi connectivity index (χ2n) is 5.37. The minimum absolute atomic E-state index is 0.0470. The molecule has 1 aromatic heterocycles. The Balaban J connectivity index is 2.13. The van der Waals surface area contributed by atoms with Crippen molar-refractivity contribution in [1.29, 1.82) is 0 Å². The summed E-state index contributed by atoms with van der Waals surface area (Å²) in [5.41, 5.74) is 0. The highest BCUT2D eigenvalue weighted by atomic mass is 79.9. The van der Waals surface area contributed by atoms with Crippen LogP contribution in [0.1, 0.15) is 37.5 Å². The lowest BCUT2D eigenvalue weighted by Crippen LogP contribution is -2.48. The van der Waals surface area contributed by atoms with Gasteiger partial charge < -0.3 is 5.32 Å². The molecule has 0 bridgehead atoms. The highest BCUT2D eigenvalue weighted by Gasteiger charge is 2.35. The monoisotopic (exact) mass is 379 g/mol. The summed E-state index contributed by atoms with van der Waals surface area (Å²) in [6.45, 7) is 2.99. The van der Waals surface area contributed by atoms with Crippen molar-refractivity contribution in [3.05, 3.63) is 20.8 Å². The van der Waals surface area contributed by atoms with Gasteiger partial charge in [-0.1, -0.05) is 13.3 Å². The van der Waals surface area contributed by atoms with Crippen LogP contribution in [0.5, 0.6) is 0 Å². The number of sulfone groups is 1. The molecule has 0 spiro atoms.